The van der Waals surface area contributed by atoms with Gasteiger partial charge < -0.3 is 4.90 Å². The average molecular weight is 444 g/mol. The molecule has 0 saturated carbocycles. The standard InChI is InChI=1S/C26H53NO2S/c1-6-8-10-12-14-16-18-20-24-28-30(5,26-22-23-27(3)4)29-25-21-19-17-15-13-11-9-7-2/h14-17H,6-13,18-26H2,1-5H3/b16-14-,17-15-. The minimum atomic E-state index is -1.42. The van der Waals surface area contributed by atoms with Gasteiger partial charge in [0.05, 0.1) is 13.2 Å². The molecule has 0 bridgehead atoms. The molecule has 0 aromatic rings. The summed E-state index contributed by atoms with van der Waals surface area (Å²) in [6, 6.07) is 0. The highest BCUT2D eigenvalue weighted by Gasteiger charge is 2.15. The van der Waals surface area contributed by atoms with E-state index in [-0.39, 0.29) is 0 Å². The highest BCUT2D eigenvalue weighted by atomic mass is 32.3. The Morgan fingerprint density at radius 3 is 1.47 bits per heavy atom. The summed E-state index contributed by atoms with van der Waals surface area (Å²) in [5.74, 6) is 1.03. The molecule has 0 aromatic carbocycles. The van der Waals surface area contributed by atoms with Crippen LogP contribution in [0, 0.1) is 0 Å². The first kappa shape index (κ1) is 29.7. The van der Waals surface area contributed by atoms with Gasteiger partial charge in [0.25, 0.3) is 0 Å². The number of unbranched alkanes of at least 4 members (excludes halogenated alkanes) is 8. The molecule has 0 atom stereocenters. The van der Waals surface area contributed by atoms with Crippen molar-refractivity contribution in [3.8, 4) is 0 Å². The zero-order valence-corrected chi connectivity index (χ0v) is 21.8. The molecule has 180 valence electrons. The molecule has 0 spiro atoms. The minimum Gasteiger partial charge on any atom is -0.309 e. The summed E-state index contributed by atoms with van der Waals surface area (Å²) in [4.78, 5) is 2.24. The Bertz CT molecular complexity index is 382. The zero-order chi connectivity index (χ0) is 22.3. The molecule has 0 saturated heterocycles. The van der Waals surface area contributed by atoms with E-state index in [0.717, 1.165) is 57.6 Å². The van der Waals surface area contributed by atoms with Crippen molar-refractivity contribution in [3.63, 3.8) is 0 Å². The normalized spacial score (nSPS) is 13.3. The third-order valence-corrected chi connectivity index (χ3v) is 7.46. The van der Waals surface area contributed by atoms with Gasteiger partial charge in [-0.05, 0) is 78.4 Å². The molecule has 0 radical (unpaired) electrons. The molecule has 0 rings (SSSR count). The maximum absolute atomic E-state index is 6.32. The van der Waals surface area contributed by atoms with Crippen LogP contribution in [0.3, 0.4) is 0 Å². The lowest BCUT2D eigenvalue weighted by Gasteiger charge is -2.40. The lowest BCUT2D eigenvalue weighted by Crippen LogP contribution is -2.19. The van der Waals surface area contributed by atoms with Crippen LogP contribution in [0.25, 0.3) is 0 Å². The van der Waals surface area contributed by atoms with Crippen molar-refractivity contribution in [2.45, 2.75) is 97.3 Å². The molecule has 0 aliphatic heterocycles. The second-order valence-corrected chi connectivity index (χ2v) is 11.4. The summed E-state index contributed by atoms with van der Waals surface area (Å²) < 4.78 is 12.6. The van der Waals surface area contributed by atoms with Gasteiger partial charge in [0, 0.05) is 12.0 Å². The quantitative estimate of drug-likeness (QED) is 0.125. The number of nitrogens with zero attached hydrogens (tertiary/aromatic N) is 1. The first-order chi connectivity index (χ1) is 14.5. The van der Waals surface area contributed by atoms with Crippen LogP contribution in [0.5, 0.6) is 0 Å². The molecule has 4 heteroatoms. The van der Waals surface area contributed by atoms with E-state index in [9.17, 15) is 0 Å². The van der Waals surface area contributed by atoms with Crippen molar-refractivity contribution in [1.29, 1.82) is 0 Å². The largest absolute Gasteiger partial charge is 0.309 e. The number of hydrogen-bond acceptors (Lipinski definition) is 3. The minimum absolute atomic E-state index is 0.810. The first-order valence-corrected chi connectivity index (χ1v) is 14.6. The van der Waals surface area contributed by atoms with Crippen LogP contribution in [0.15, 0.2) is 24.3 Å². The lowest BCUT2D eigenvalue weighted by molar-refractivity contribution is 0.253. The summed E-state index contributed by atoms with van der Waals surface area (Å²) in [7, 11) is 2.85. The molecular weight excluding hydrogens is 390 g/mol. The van der Waals surface area contributed by atoms with Crippen LogP contribution in [-0.4, -0.2) is 50.8 Å². The molecule has 0 N–H and O–H groups in total. The van der Waals surface area contributed by atoms with E-state index in [2.05, 4.69) is 63.4 Å². The molecule has 0 fully saturated rings. The average Bonchev–Trinajstić information content (AvgIpc) is 2.71. The Morgan fingerprint density at radius 1 is 0.633 bits per heavy atom. The van der Waals surface area contributed by atoms with Gasteiger partial charge in [-0.3, -0.25) is 8.37 Å². The lowest BCUT2D eigenvalue weighted by atomic mass is 10.2. The van der Waals surface area contributed by atoms with Gasteiger partial charge >= 0.3 is 0 Å². The Morgan fingerprint density at radius 2 is 1.07 bits per heavy atom. The number of allylic oxidation sites excluding steroid dienone is 4. The fraction of sp³-hybridized carbons (Fsp3) is 0.846. The predicted octanol–water partition coefficient (Wildman–Crippen LogP) is 8.07. The van der Waals surface area contributed by atoms with Crippen LogP contribution in [-0.2, 0) is 8.37 Å². The highest BCUT2D eigenvalue weighted by Crippen LogP contribution is 2.47. The predicted molar refractivity (Wildman–Crippen MR) is 138 cm³/mol. The third-order valence-electron chi connectivity index (χ3n) is 5.10. The van der Waals surface area contributed by atoms with Crippen LogP contribution >= 0.6 is 10.6 Å². The van der Waals surface area contributed by atoms with Crippen LogP contribution in [0.4, 0.5) is 0 Å². The van der Waals surface area contributed by atoms with E-state index < -0.39 is 10.6 Å². The van der Waals surface area contributed by atoms with Crippen LogP contribution in [0.1, 0.15) is 97.3 Å². The van der Waals surface area contributed by atoms with Crippen molar-refractivity contribution in [3.05, 3.63) is 24.3 Å². The van der Waals surface area contributed by atoms with Gasteiger partial charge in [-0.2, -0.15) is 10.6 Å². The SMILES string of the molecule is CCCCC/C=C\CCCOS(C)(CCCN(C)C)OCCC/C=C\CCCCC. The fourth-order valence-corrected chi connectivity index (χ4v) is 5.06. The second kappa shape index (κ2) is 21.9. The molecule has 0 amide bonds. The molecule has 0 heterocycles. The Kier molecular flexibility index (Phi) is 21.7. The van der Waals surface area contributed by atoms with Gasteiger partial charge in [-0.25, -0.2) is 0 Å². The van der Waals surface area contributed by atoms with Crippen molar-refractivity contribution >= 4 is 10.6 Å². The smallest absolute Gasteiger partial charge is 0.0716 e. The number of hydrogen-bond donors (Lipinski definition) is 0. The van der Waals surface area contributed by atoms with Gasteiger partial charge in [0.2, 0.25) is 0 Å². The Balaban J connectivity index is 4.10. The molecule has 0 aromatic heterocycles. The maximum atomic E-state index is 6.32. The van der Waals surface area contributed by atoms with Gasteiger partial charge in [0.1, 0.15) is 0 Å². The molecule has 3 nitrogen and oxygen atoms in total. The van der Waals surface area contributed by atoms with E-state index in [0.29, 0.717) is 0 Å². The zero-order valence-electron chi connectivity index (χ0n) is 21.0. The van der Waals surface area contributed by atoms with E-state index in [1.807, 2.05) is 0 Å². The second-order valence-electron chi connectivity index (χ2n) is 8.65. The van der Waals surface area contributed by atoms with E-state index in [1.165, 1.54) is 51.4 Å². The van der Waals surface area contributed by atoms with Gasteiger partial charge in [0.15, 0.2) is 0 Å². The maximum Gasteiger partial charge on any atom is 0.0716 e. The topological polar surface area (TPSA) is 21.7 Å². The summed E-state index contributed by atoms with van der Waals surface area (Å²) in [6.45, 7) is 7.23. The van der Waals surface area contributed by atoms with Crippen molar-refractivity contribution < 1.29 is 8.37 Å². The number of rotatable bonds is 22. The first-order valence-electron chi connectivity index (χ1n) is 12.5. The van der Waals surface area contributed by atoms with E-state index in [4.69, 9.17) is 8.37 Å². The molecular formula is C26H53NO2S. The van der Waals surface area contributed by atoms with Gasteiger partial charge in [-0.1, -0.05) is 63.8 Å². The molecule has 30 heavy (non-hydrogen) atoms. The summed E-state index contributed by atoms with van der Waals surface area (Å²) in [5.41, 5.74) is 0. The van der Waals surface area contributed by atoms with Crippen LogP contribution < -0.4 is 0 Å². The van der Waals surface area contributed by atoms with Crippen LogP contribution in [0.2, 0.25) is 0 Å². The molecule has 0 unspecified atom stereocenters. The monoisotopic (exact) mass is 443 g/mol. The molecule has 0 aliphatic carbocycles. The fourth-order valence-electron chi connectivity index (χ4n) is 3.16. The van der Waals surface area contributed by atoms with E-state index in [1.54, 1.807) is 0 Å². The summed E-state index contributed by atoms with van der Waals surface area (Å²) in [5, 5.41) is 0. The summed E-state index contributed by atoms with van der Waals surface area (Å²) in [6.07, 6.45) is 27.4. The summed E-state index contributed by atoms with van der Waals surface area (Å²) >= 11 is 0. The third kappa shape index (κ3) is 21.0. The highest BCUT2D eigenvalue weighted by molar-refractivity contribution is 8.25. The van der Waals surface area contributed by atoms with Crippen molar-refractivity contribution in [2.24, 2.45) is 0 Å². The molecule has 0 aliphatic rings. The Labute approximate surface area is 191 Å². The van der Waals surface area contributed by atoms with E-state index >= 15 is 0 Å². The van der Waals surface area contributed by atoms with Gasteiger partial charge in [-0.15, -0.1) is 0 Å². The Hall–Kier alpha value is -0.290. The van der Waals surface area contributed by atoms with Crippen molar-refractivity contribution in [1.82, 2.24) is 4.90 Å². The van der Waals surface area contributed by atoms with Crippen molar-refractivity contribution in [2.75, 3.05) is 45.9 Å².